The number of anilines is 3. The molecule has 0 spiro atoms. The lowest BCUT2D eigenvalue weighted by Crippen LogP contribution is -2.34. The second-order valence-corrected chi connectivity index (χ2v) is 9.35. The lowest BCUT2D eigenvalue weighted by atomic mass is 10.1. The number of nitrogens with one attached hydrogen (secondary N) is 1. The van der Waals surface area contributed by atoms with Crippen LogP contribution >= 0.6 is 15.9 Å². The summed E-state index contributed by atoms with van der Waals surface area (Å²) in [5, 5.41) is 4.34. The van der Waals surface area contributed by atoms with Crippen molar-refractivity contribution >= 4 is 40.0 Å². The summed E-state index contributed by atoms with van der Waals surface area (Å²) in [6, 6.07) is 11.8. The summed E-state index contributed by atoms with van der Waals surface area (Å²) >= 11 is 3.50. The van der Waals surface area contributed by atoms with Crippen LogP contribution in [0.5, 0.6) is 0 Å². The van der Waals surface area contributed by atoms with Crippen molar-refractivity contribution in [3.05, 3.63) is 46.6 Å². The molecule has 2 saturated heterocycles. The topological polar surface area (TPSA) is 82.7 Å². The first-order chi connectivity index (χ1) is 16.2. The number of benzene rings is 1. The molecule has 2 fully saturated rings. The minimum Gasteiger partial charge on any atom is -0.455 e. The Morgan fingerprint density at radius 3 is 2.15 bits per heavy atom. The molecule has 5 rings (SSSR count). The van der Waals surface area contributed by atoms with Gasteiger partial charge in [0.15, 0.2) is 0 Å². The van der Waals surface area contributed by atoms with Crippen molar-refractivity contribution in [3.8, 4) is 11.3 Å². The maximum absolute atomic E-state index is 5.92. The Kier molecular flexibility index (Phi) is 6.85. The third-order valence-corrected chi connectivity index (χ3v) is 6.48. The van der Waals surface area contributed by atoms with Crippen molar-refractivity contribution in [2.24, 2.45) is 5.10 Å². The first kappa shape index (κ1) is 21.9. The SMILES string of the molecule is Brc1cccc(-c2ccc(/C=N/Nc3nc(N4CCCCC4)nc(N4CCCCC4)n3)o2)c1. The maximum Gasteiger partial charge on any atom is 0.250 e. The Morgan fingerprint density at radius 1 is 0.848 bits per heavy atom. The Morgan fingerprint density at radius 2 is 1.52 bits per heavy atom. The highest BCUT2D eigenvalue weighted by molar-refractivity contribution is 9.10. The molecule has 1 N–H and O–H groups in total. The molecule has 1 aromatic carbocycles. The van der Waals surface area contributed by atoms with E-state index in [1.54, 1.807) is 6.21 Å². The number of aromatic nitrogens is 3. The van der Waals surface area contributed by atoms with Gasteiger partial charge in [-0.3, -0.25) is 0 Å². The van der Waals surface area contributed by atoms with E-state index in [1.807, 2.05) is 36.4 Å². The van der Waals surface area contributed by atoms with Crippen molar-refractivity contribution in [2.45, 2.75) is 38.5 Å². The van der Waals surface area contributed by atoms with E-state index in [0.29, 0.717) is 11.7 Å². The smallest absolute Gasteiger partial charge is 0.250 e. The molecule has 172 valence electrons. The van der Waals surface area contributed by atoms with E-state index in [-0.39, 0.29) is 0 Å². The van der Waals surface area contributed by atoms with Gasteiger partial charge in [0.05, 0.1) is 6.21 Å². The van der Waals surface area contributed by atoms with Gasteiger partial charge in [-0.2, -0.15) is 20.1 Å². The van der Waals surface area contributed by atoms with Crippen LogP contribution in [0.15, 0.2) is 50.4 Å². The van der Waals surface area contributed by atoms with Gasteiger partial charge in [0.25, 0.3) is 0 Å². The van der Waals surface area contributed by atoms with Crippen LogP contribution in [0.2, 0.25) is 0 Å². The molecule has 3 aromatic rings. The van der Waals surface area contributed by atoms with E-state index in [1.165, 1.54) is 38.5 Å². The number of furan rings is 1. The fourth-order valence-corrected chi connectivity index (χ4v) is 4.65. The van der Waals surface area contributed by atoms with Gasteiger partial charge in [0.1, 0.15) is 11.5 Å². The van der Waals surface area contributed by atoms with Gasteiger partial charge in [-0.25, -0.2) is 5.43 Å². The number of hydrogen-bond acceptors (Lipinski definition) is 8. The molecule has 2 aromatic heterocycles. The molecule has 0 aliphatic carbocycles. The number of hydrazone groups is 1. The number of piperidine rings is 2. The summed E-state index contributed by atoms with van der Waals surface area (Å²) in [5.41, 5.74) is 4.00. The largest absolute Gasteiger partial charge is 0.455 e. The predicted molar refractivity (Wildman–Crippen MR) is 135 cm³/mol. The van der Waals surface area contributed by atoms with Gasteiger partial charge in [-0.15, -0.1) is 0 Å². The van der Waals surface area contributed by atoms with E-state index < -0.39 is 0 Å². The summed E-state index contributed by atoms with van der Waals surface area (Å²) in [5.74, 6) is 3.37. The third kappa shape index (κ3) is 5.52. The normalized spacial score (nSPS) is 17.0. The molecule has 0 amide bonds. The lowest BCUT2D eigenvalue weighted by molar-refractivity contribution is 0.556. The van der Waals surface area contributed by atoms with Crippen LogP contribution in [0.1, 0.15) is 44.3 Å². The van der Waals surface area contributed by atoms with Gasteiger partial charge >= 0.3 is 0 Å². The van der Waals surface area contributed by atoms with E-state index >= 15 is 0 Å². The quantitative estimate of drug-likeness (QED) is 0.355. The van der Waals surface area contributed by atoms with Crippen LogP contribution in [0.3, 0.4) is 0 Å². The van der Waals surface area contributed by atoms with Crippen molar-refractivity contribution in [3.63, 3.8) is 0 Å². The second-order valence-electron chi connectivity index (χ2n) is 8.44. The molecule has 33 heavy (non-hydrogen) atoms. The molecule has 0 atom stereocenters. The first-order valence-electron chi connectivity index (χ1n) is 11.7. The third-order valence-electron chi connectivity index (χ3n) is 5.98. The molecule has 0 radical (unpaired) electrons. The van der Waals surface area contributed by atoms with E-state index in [4.69, 9.17) is 9.40 Å². The predicted octanol–water partition coefficient (Wildman–Crippen LogP) is 5.32. The molecule has 0 unspecified atom stereocenters. The maximum atomic E-state index is 5.92. The Balaban J connectivity index is 1.33. The highest BCUT2D eigenvalue weighted by Gasteiger charge is 2.20. The summed E-state index contributed by atoms with van der Waals surface area (Å²) in [4.78, 5) is 18.6. The zero-order valence-electron chi connectivity index (χ0n) is 18.6. The summed E-state index contributed by atoms with van der Waals surface area (Å²) in [6.45, 7) is 3.93. The summed E-state index contributed by atoms with van der Waals surface area (Å²) < 4.78 is 6.93. The van der Waals surface area contributed by atoms with Gasteiger partial charge in [-0.05, 0) is 62.8 Å². The number of hydrogen-bond donors (Lipinski definition) is 1. The van der Waals surface area contributed by atoms with Crippen LogP contribution in [0.4, 0.5) is 17.8 Å². The monoisotopic (exact) mass is 509 g/mol. The Labute approximate surface area is 202 Å². The molecule has 2 aliphatic heterocycles. The lowest BCUT2D eigenvalue weighted by Gasteiger charge is -2.30. The average molecular weight is 510 g/mol. The number of nitrogens with zero attached hydrogens (tertiary/aromatic N) is 6. The van der Waals surface area contributed by atoms with Crippen LogP contribution in [-0.2, 0) is 0 Å². The van der Waals surface area contributed by atoms with E-state index in [9.17, 15) is 0 Å². The molecule has 0 saturated carbocycles. The Hall–Kier alpha value is -2.94. The zero-order valence-corrected chi connectivity index (χ0v) is 20.2. The van der Waals surface area contributed by atoms with Crippen LogP contribution < -0.4 is 15.2 Å². The molecular weight excluding hydrogens is 482 g/mol. The standard InChI is InChI=1S/C24H28BrN7O/c25-19-9-7-8-18(16-19)21-11-10-20(33-21)17-26-30-22-27-23(31-12-3-1-4-13-31)29-24(28-22)32-14-5-2-6-15-32/h7-11,16-17H,1-6,12-15H2,(H,27,28,29,30)/b26-17+. The highest BCUT2D eigenvalue weighted by atomic mass is 79.9. The van der Waals surface area contributed by atoms with Crippen molar-refractivity contribution < 1.29 is 4.42 Å². The molecule has 0 bridgehead atoms. The highest BCUT2D eigenvalue weighted by Crippen LogP contribution is 2.25. The fraction of sp³-hybridized carbons (Fsp3) is 0.417. The number of rotatable bonds is 6. The second kappa shape index (κ2) is 10.3. The van der Waals surface area contributed by atoms with Gasteiger partial charge in [-0.1, -0.05) is 28.1 Å². The Bertz CT molecular complexity index is 1070. The summed E-state index contributed by atoms with van der Waals surface area (Å²) in [7, 11) is 0. The van der Waals surface area contributed by atoms with E-state index in [2.05, 4.69) is 46.2 Å². The summed E-state index contributed by atoms with van der Waals surface area (Å²) in [6.07, 6.45) is 8.86. The molecule has 9 heteroatoms. The van der Waals surface area contributed by atoms with Crippen molar-refractivity contribution in [2.75, 3.05) is 41.4 Å². The molecule has 4 heterocycles. The van der Waals surface area contributed by atoms with Gasteiger partial charge in [0, 0.05) is 36.2 Å². The van der Waals surface area contributed by atoms with Gasteiger partial charge in [0.2, 0.25) is 17.8 Å². The fourth-order valence-electron chi connectivity index (χ4n) is 4.25. The molecular formula is C24H28BrN7O. The van der Waals surface area contributed by atoms with Crippen LogP contribution in [-0.4, -0.2) is 47.3 Å². The minimum absolute atomic E-state index is 0.459. The van der Waals surface area contributed by atoms with Crippen LogP contribution in [0, 0.1) is 0 Å². The average Bonchev–Trinajstić information content (AvgIpc) is 3.34. The van der Waals surface area contributed by atoms with Crippen molar-refractivity contribution in [1.82, 2.24) is 15.0 Å². The number of halogens is 1. The molecule has 2 aliphatic rings. The van der Waals surface area contributed by atoms with Gasteiger partial charge < -0.3 is 14.2 Å². The van der Waals surface area contributed by atoms with Crippen molar-refractivity contribution in [1.29, 1.82) is 0 Å². The van der Waals surface area contributed by atoms with E-state index in [0.717, 1.165) is 53.9 Å². The van der Waals surface area contributed by atoms with Crippen LogP contribution in [0.25, 0.3) is 11.3 Å². The zero-order chi connectivity index (χ0) is 22.5. The minimum atomic E-state index is 0.459. The first-order valence-corrected chi connectivity index (χ1v) is 12.4. The molecule has 8 nitrogen and oxygen atoms in total.